The number of piperazine rings is 1. The van der Waals surface area contributed by atoms with Crippen molar-refractivity contribution in [3.05, 3.63) is 58.9 Å². The summed E-state index contributed by atoms with van der Waals surface area (Å²) in [4.78, 5) is 44.1. The zero-order valence-electron chi connectivity index (χ0n) is 19.0. The molecular weight excluding hydrogens is 492 g/mol. The van der Waals surface area contributed by atoms with Crippen molar-refractivity contribution >= 4 is 51.7 Å². The molecule has 1 saturated heterocycles. The zero-order valence-corrected chi connectivity index (χ0v) is 20.6. The number of rotatable bonds is 6. The first-order valence-corrected chi connectivity index (χ1v) is 12.0. The lowest BCUT2D eigenvalue weighted by atomic mass is 10.1. The first kappa shape index (κ1) is 24.5. The minimum Gasteiger partial charge on any atom is -0.478 e. The fourth-order valence-corrected chi connectivity index (χ4v) is 4.39. The summed E-state index contributed by atoms with van der Waals surface area (Å²) in [6.07, 6.45) is 0. The zero-order chi connectivity index (χ0) is 25.2. The number of benzene rings is 2. The maximum absolute atomic E-state index is 12.7. The Morgan fingerprint density at radius 3 is 2.51 bits per heavy atom. The number of amides is 3. The number of anilines is 2. The van der Waals surface area contributed by atoms with Gasteiger partial charge in [-0.05, 0) is 50.2 Å². The standard InChI is InChI=1S/C24H23ClN4O5S/c1-24(2,21(31)32)34-16-9-7-15(8-10-16)18-14-35-22(26-18)27-23(33)28-11-12-29(20(30)13-28)19-6-4-3-5-17(19)25/h3-10,14H,11-13H2,1-2H3,(H,31,32)(H,26,27,33). The molecule has 3 aromatic rings. The SMILES string of the molecule is CC(C)(Oc1ccc(-c2csc(NC(=O)N3CCN(c4ccccc4Cl)C(=O)C3)n2)cc1)C(=O)O. The number of carboxylic acid groups (broad SMARTS) is 1. The molecule has 0 radical (unpaired) electrons. The topological polar surface area (TPSA) is 112 Å². The molecule has 1 aliphatic heterocycles. The Hall–Kier alpha value is -3.63. The van der Waals surface area contributed by atoms with Crippen LogP contribution in [-0.4, -0.2) is 58.1 Å². The third-order valence-corrected chi connectivity index (χ3v) is 6.48. The predicted molar refractivity (Wildman–Crippen MR) is 134 cm³/mol. The maximum atomic E-state index is 12.7. The molecule has 35 heavy (non-hydrogen) atoms. The summed E-state index contributed by atoms with van der Waals surface area (Å²) < 4.78 is 5.51. The van der Waals surface area contributed by atoms with Crippen LogP contribution < -0.4 is 15.0 Å². The number of hydrogen-bond acceptors (Lipinski definition) is 6. The number of carbonyl (C=O) groups is 3. The van der Waals surface area contributed by atoms with Crippen LogP contribution in [0.3, 0.4) is 0 Å². The van der Waals surface area contributed by atoms with Crippen LogP contribution in [0.2, 0.25) is 5.02 Å². The van der Waals surface area contributed by atoms with Gasteiger partial charge in [-0.1, -0.05) is 23.7 Å². The van der Waals surface area contributed by atoms with E-state index in [1.807, 2.05) is 6.07 Å². The first-order chi connectivity index (χ1) is 16.6. The molecule has 2 aromatic carbocycles. The summed E-state index contributed by atoms with van der Waals surface area (Å²) >= 11 is 7.47. The summed E-state index contributed by atoms with van der Waals surface area (Å²) in [5, 5.41) is 14.6. The monoisotopic (exact) mass is 514 g/mol. The number of para-hydroxylation sites is 1. The summed E-state index contributed by atoms with van der Waals surface area (Å²) in [5.41, 5.74) is 0.714. The summed E-state index contributed by atoms with van der Waals surface area (Å²) in [6.45, 7) is 3.58. The van der Waals surface area contributed by atoms with Crippen LogP contribution in [0.1, 0.15) is 13.8 Å². The van der Waals surface area contributed by atoms with Crippen molar-refractivity contribution in [2.45, 2.75) is 19.4 Å². The minimum absolute atomic E-state index is 0.0660. The van der Waals surface area contributed by atoms with Crippen molar-refractivity contribution in [3.63, 3.8) is 0 Å². The van der Waals surface area contributed by atoms with Gasteiger partial charge < -0.3 is 19.6 Å². The van der Waals surface area contributed by atoms with Crippen LogP contribution in [0, 0.1) is 0 Å². The highest BCUT2D eigenvalue weighted by Crippen LogP contribution is 2.29. The molecule has 0 aliphatic carbocycles. The van der Waals surface area contributed by atoms with Gasteiger partial charge in [-0.3, -0.25) is 10.1 Å². The molecule has 0 unspecified atom stereocenters. The van der Waals surface area contributed by atoms with Crippen LogP contribution in [0.5, 0.6) is 5.75 Å². The molecule has 11 heteroatoms. The lowest BCUT2D eigenvalue weighted by Crippen LogP contribution is -2.53. The van der Waals surface area contributed by atoms with E-state index in [-0.39, 0.29) is 12.5 Å². The molecule has 0 spiro atoms. The van der Waals surface area contributed by atoms with Gasteiger partial charge in [0.15, 0.2) is 10.7 Å². The van der Waals surface area contributed by atoms with E-state index >= 15 is 0 Å². The molecule has 1 aliphatic rings. The lowest BCUT2D eigenvalue weighted by molar-refractivity contribution is -0.152. The first-order valence-electron chi connectivity index (χ1n) is 10.7. The third kappa shape index (κ3) is 5.55. The summed E-state index contributed by atoms with van der Waals surface area (Å²) in [5.74, 6) is -0.855. The van der Waals surface area contributed by atoms with Crippen LogP contribution in [0.4, 0.5) is 15.6 Å². The molecule has 182 valence electrons. The average molecular weight is 515 g/mol. The Morgan fingerprint density at radius 1 is 1.14 bits per heavy atom. The number of aromatic nitrogens is 1. The number of ether oxygens (including phenoxy) is 1. The highest BCUT2D eigenvalue weighted by atomic mass is 35.5. The number of hydrogen-bond donors (Lipinski definition) is 2. The maximum Gasteiger partial charge on any atom is 0.347 e. The molecule has 2 heterocycles. The Kier molecular flexibility index (Phi) is 6.95. The van der Waals surface area contributed by atoms with E-state index in [0.717, 1.165) is 5.56 Å². The van der Waals surface area contributed by atoms with Crippen LogP contribution in [0.15, 0.2) is 53.9 Å². The lowest BCUT2D eigenvalue weighted by Gasteiger charge is -2.34. The Bertz CT molecular complexity index is 1260. The number of carboxylic acids is 1. The van der Waals surface area contributed by atoms with Gasteiger partial charge in [0, 0.05) is 24.0 Å². The number of carbonyl (C=O) groups excluding carboxylic acids is 2. The van der Waals surface area contributed by atoms with Gasteiger partial charge in [-0.2, -0.15) is 0 Å². The number of aliphatic carboxylic acids is 1. The largest absolute Gasteiger partial charge is 0.478 e. The van der Waals surface area contributed by atoms with Crippen LogP contribution in [-0.2, 0) is 9.59 Å². The molecule has 0 saturated carbocycles. The van der Waals surface area contributed by atoms with Gasteiger partial charge in [-0.15, -0.1) is 11.3 Å². The van der Waals surface area contributed by atoms with E-state index in [9.17, 15) is 19.5 Å². The summed E-state index contributed by atoms with van der Waals surface area (Å²) in [7, 11) is 0. The van der Waals surface area contributed by atoms with Crippen LogP contribution >= 0.6 is 22.9 Å². The molecule has 2 N–H and O–H groups in total. The second-order valence-corrected chi connectivity index (χ2v) is 9.59. The predicted octanol–water partition coefficient (Wildman–Crippen LogP) is 4.59. The number of nitrogens with zero attached hydrogens (tertiary/aromatic N) is 3. The quantitative estimate of drug-likeness (QED) is 0.497. The molecular formula is C24H23ClN4O5S. The molecule has 0 atom stereocenters. The van der Waals surface area contributed by atoms with Gasteiger partial charge in [-0.25, -0.2) is 14.6 Å². The van der Waals surface area contributed by atoms with E-state index in [0.29, 0.717) is 40.4 Å². The van der Waals surface area contributed by atoms with E-state index in [4.69, 9.17) is 16.3 Å². The minimum atomic E-state index is -1.35. The van der Waals surface area contributed by atoms with Gasteiger partial charge in [0.05, 0.1) is 16.4 Å². The van der Waals surface area contributed by atoms with Crippen molar-refractivity contribution in [2.75, 3.05) is 29.9 Å². The van der Waals surface area contributed by atoms with Crippen molar-refractivity contribution in [1.82, 2.24) is 9.88 Å². The second kappa shape index (κ2) is 9.93. The second-order valence-electron chi connectivity index (χ2n) is 8.33. The van der Waals surface area contributed by atoms with Gasteiger partial charge in [0.1, 0.15) is 12.3 Å². The highest BCUT2D eigenvalue weighted by molar-refractivity contribution is 7.14. The fourth-order valence-electron chi connectivity index (χ4n) is 3.44. The number of halogens is 1. The molecule has 9 nitrogen and oxygen atoms in total. The third-order valence-electron chi connectivity index (χ3n) is 5.41. The van der Waals surface area contributed by atoms with Crippen molar-refractivity contribution in [2.24, 2.45) is 0 Å². The normalized spacial score (nSPS) is 14.1. The van der Waals surface area contributed by atoms with E-state index in [1.165, 1.54) is 30.1 Å². The molecule has 1 aromatic heterocycles. The summed E-state index contributed by atoms with van der Waals surface area (Å²) in [6, 6.07) is 13.6. The highest BCUT2D eigenvalue weighted by Gasteiger charge is 2.30. The Balaban J connectivity index is 1.36. The number of urea groups is 1. The molecule has 3 amide bonds. The van der Waals surface area contributed by atoms with Gasteiger partial charge in [0.2, 0.25) is 5.91 Å². The average Bonchev–Trinajstić information content (AvgIpc) is 3.28. The van der Waals surface area contributed by atoms with E-state index in [1.54, 1.807) is 52.7 Å². The Labute approximate surface area is 210 Å². The van der Waals surface area contributed by atoms with Crippen molar-refractivity contribution < 1.29 is 24.2 Å². The Morgan fingerprint density at radius 2 is 1.86 bits per heavy atom. The number of thiazole rings is 1. The van der Waals surface area contributed by atoms with Crippen molar-refractivity contribution in [3.8, 4) is 17.0 Å². The molecule has 1 fully saturated rings. The van der Waals surface area contributed by atoms with Gasteiger partial charge in [0.25, 0.3) is 0 Å². The van der Waals surface area contributed by atoms with E-state index in [2.05, 4.69) is 10.3 Å². The van der Waals surface area contributed by atoms with E-state index < -0.39 is 17.6 Å². The van der Waals surface area contributed by atoms with Crippen molar-refractivity contribution in [1.29, 1.82) is 0 Å². The fraction of sp³-hybridized carbons (Fsp3) is 0.250. The smallest absolute Gasteiger partial charge is 0.347 e. The number of nitrogens with one attached hydrogen (secondary N) is 1. The molecule has 0 bridgehead atoms. The van der Waals surface area contributed by atoms with Gasteiger partial charge >= 0.3 is 12.0 Å². The van der Waals surface area contributed by atoms with Crippen LogP contribution in [0.25, 0.3) is 11.3 Å². The molecule has 4 rings (SSSR count).